The highest BCUT2D eigenvalue weighted by atomic mass is 19.2. The highest BCUT2D eigenvalue weighted by Gasteiger charge is 2.09. The SMILES string of the molecule is COc1ccc(OCCNc2cc(F)c(F)cc2F)cc1. The molecule has 0 saturated carbocycles. The fourth-order valence-corrected chi connectivity index (χ4v) is 1.68. The quantitative estimate of drug-likeness (QED) is 0.653. The van der Waals surface area contributed by atoms with Gasteiger partial charge in [-0.1, -0.05) is 0 Å². The van der Waals surface area contributed by atoms with Crippen LogP contribution in [0.4, 0.5) is 18.9 Å². The zero-order chi connectivity index (χ0) is 15.2. The molecule has 0 aromatic heterocycles. The molecular formula is C15H14F3NO2. The van der Waals surface area contributed by atoms with Crippen molar-refractivity contribution >= 4 is 5.69 Å². The summed E-state index contributed by atoms with van der Waals surface area (Å²) in [5.74, 6) is -1.83. The Bertz CT molecular complexity index is 603. The molecule has 0 fully saturated rings. The molecule has 112 valence electrons. The maximum Gasteiger partial charge on any atom is 0.161 e. The van der Waals surface area contributed by atoms with Gasteiger partial charge in [0.15, 0.2) is 11.6 Å². The third kappa shape index (κ3) is 4.05. The Labute approximate surface area is 120 Å². The summed E-state index contributed by atoms with van der Waals surface area (Å²) >= 11 is 0. The van der Waals surface area contributed by atoms with Crippen molar-refractivity contribution in [3.05, 3.63) is 53.8 Å². The van der Waals surface area contributed by atoms with Crippen molar-refractivity contribution in [2.24, 2.45) is 0 Å². The Hall–Kier alpha value is -2.37. The number of nitrogens with one attached hydrogen (secondary N) is 1. The van der Waals surface area contributed by atoms with Crippen molar-refractivity contribution in [3.63, 3.8) is 0 Å². The Morgan fingerprint density at radius 3 is 2.19 bits per heavy atom. The molecule has 0 radical (unpaired) electrons. The third-order valence-corrected chi connectivity index (χ3v) is 2.76. The van der Waals surface area contributed by atoms with E-state index in [9.17, 15) is 13.2 Å². The molecule has 0 aliphatic rings. The van der Waals surface area contributed by atoms with Gasteiger partial charge in [0.25, 0.3) is 0 Å². The molecule has 0 aliphatic heterocycles. The van der Waals surface area contributed by atoms with Crippen LogP contribution in [0.25, 0.3) is 0 Å². The monoisotopic (exact) mass is 297 g/mol. The van der Waals surface area contributed by atoms with Gasteiger partial charge in [-0.2, -0.15) is 0 Å². The fraction of sp³-hybridized carbons (Fsp3) is 0.200. The van der Waals surface area contributed by atoms with E-state index in [2.05, 4.69) is 5.32 Å². The molecule has 0 heterocycles. The average Bonchev–Trinajstić information content (AvgIpc) is 2.49. The van der Waals surface area contributed by atoms with Crippen molar-refractivity contribution in [2.75, 3.05) is 25.6 Å². The van der Waals surface area contributed by atoms with E-state index in [1.165, 1.54) is 0 Å². The minimum Gasteiger partial charge on any atom is -0.497 e. The largest absolute Gasteiger partial charge is 0.497 e. The van der Waals surface area contributed by atoms with Gasteiger partial charge in [0.1, 0.15) is 23.9 Å². The van der Waals surface area contributed by atoms with E-state index in [0.29, 0.717) is 17.6 Å². The van der Waals surface area contributed by atoms with Crippen LogP contribution in [-0.2, 0) is 0 Å². The van der Waals surface area contributed by atoms with E-state index in [1.54, 1.807) is 31.4 Å². The molecule has 2 aromatic carbocycles. The molecule has 6 heteroatoms. The van der Waals surface area contributed by atoms with Crippen molar-refractivity contribution in [3.8, 4) is 11.5 Å². The molecule has 0 atom stereocenters. The summed E-state index contributed by atoms with van der Waals surface area (Å²) in [6, 6.07) is 8.24. The predicted octanol–water partition coefficient (Wildman–Crippen LogP) is 3.60. The normalized spacial score (nSPS) is 10.3. The second-order valence-corrected chi connectivity index (χ2v) is 4.20. The minimum atomic E-state index is -1.22. The minimum absolute atomic E-state index is 0.104. The van der Waals surface area contributed by atoms with Gasteiger partial charge in [0.05, 0.1) is 12.8 Å². The number of anilines is 1. The van der Waals surface area contributed by atoms with E-state index in [-0.39, 0.29) is 18.8 Å². The van der Waals surface area contributed by atoms with Gasteiger partial charge >= 0.3 is 0 Å². The van der Waals surface area contributed by atoms with Gasteiger partial charge in [-0.3, -0.25) is 0 Å². The standard InChI is InChI=1S/C15H14F3NO2/c1-20-10-2-4-11(5-3-10)21-7-6-19-15-9-13(17)12(16)8-14(15)18/h2-5,8-9,19H,6-7H2,1H3. The van der Waals surface area contributed by atoms with Crippen LogP contribution in [0.3, 0.4) is 0 Å². The summed E-state index contributed by atoms with van der Waals surface area (Å²) in [5, 5.41) is 2.64. The first-order valence-corrected chi connectivity index (χ1v) is 6.25. The lowest BCUT2D eigenvalue weighted by Gasteiger charge is -2.10. The number of hydrogen-bond donors (Lipinski definition) is 1. The number of benzene rings is 2. The first kappa shape index (κ1) is 15.0. The zero-order valence-electron chi connectivity index (χ0n) is 11.3. The lowest BCUT2D eigenvalue weighted by molar-refractivity contribution is 0.331. The molecule has 1 N–H and O–H groups in total. The summed E-state index contributed by atoms with van der Waals surface area (Å²) in [6.45, 7) is 0.485. The summed E-state index contributed by atoms with van der Waals surface area (Å²) in [7, 11) is 1.57. The summed E-state index contributed by atoms with van der Waals surface area (Å²) < 4.78 is 49.5. The maximum absolute atomic E-state index is 13.3. The molecule has 0 unspecified atom stereocenters. The molecule has 21 heavy (non-hydrogen) atoms. The van der Waals surface area contributed by atoms with Crippen LogP contribution in [0.2, 0.25) is 0 Å². The van der Waals surface area contributed by atoms with Crippen molar-refractivity contribution < 1.29 is 22.6 Å². The number of ether oxygens (including phenoxy) is 2. The van der Waals surface area contributed by atoms with E-state index < -0.39 is 17.5 Å². The van der Waals surface area contributed by atoms with Gasteiger partial charge in [0.2, 0.25) is 0 Å². The molecular weight excluding hydrogens is 283 g/mol. The van der Waals surface area contributed by atoms with Crippen molar-refractivity contribution in [1.29, 1.82) is 0 Å². The third-order valence-electron chi connectivity index (χ3n) is 2.76. The summed E-state index contributed by atoms with van der Waals surface area (Å²) in [6.07, 6.45) is 0. The highest BCUT2D eigenvalue weighted by Crippen LogP contribution is 2.19. The van der Waals surface area contributed by atoms with Crippen LogP contribution in [0, 0.1) is 17.5 Å². The van der Waals surface area contributed by atoms with Crippen LogP contribution in [0.5, 0.6) is 11.5 Å². The van der Waals surface area contributed by atoms with Crippen molar-refractivity contribution in [1.82, 2.24) is 0 Å². The molecule has 0 saturated heterocycles. The van der Waals surface area contributed by atoms with E-state index in [4.69, 9.17) is 9.47 Å². The second-order valence-electron chi connectivity index (χ2n) is 4.20. The molecule has 0 bridgehead atoms. The Morgan fingerprint density at radius 1 is 0.905 bits per heavy atom. The second kappa shape index (κ2) is 6.88. The van der Waals surface area contributed by atoms with E-state index in [1.807, 2.05) is 0 Å². The van der Waals surface area contributed by atoms with Crippen molar-refractivity contribution in [2.45, 2.75) is 0 Å². The van der Waals surface area contributed by atoms with Crippen LogP contribution in [0.1, 0.15) is 0 Å². The molecule has 0 amide bonds. The first-order valence-electron chi connectivity index (χ1n) is 6.25. The smallest absolute Gasteiger partial charge is 0.161 e. The predicted molar refractivity (Wildman–Crippen MR) is 73.3 cm³/mol. The molecule has 2 rings (SSSR count). The van der Waals surface area contributed by atoms with Gasteiger partial charge in [0, 0.05) is 18.7 Å². The number of methoxy groups -OCH3 is 1. The van der Waals surface area contributed by atoms with Gasteiger partial charge in [-0.05, 0) is 24.3 Å². The van der Waals surface area contributed by atoms with Crippen LogP contribution >= 0.6 is 0 Å². The maximum atomic E-state index is 13.3. The van der Waals surface area contributed by atoms with E-state index >= 15 is 0 Å². The molecule has 0 spiro atoms. The molecule has 0 aliphatic carbocycles. The van der Waals surface area contributed by atoms with Crippen LogP contribution in [-0.4, -0.2) is 20.3 Å². The summed E-state index contributed by atoms with van der Waals surface area (Å²) in [5.41, 5.74) is -0.104. The van der Waals surface area contributed by atoms with Gasteiger partial charge in [-0.25, -0.2) is 13.2 Å². The number of hydrogen-bond acceptors (Lipinski definition) is 3. The van der Waals surface area contributed by atoms with E-state index in [0.717, 1.165) is 6.07 Å². The Kier molecular flexibility index (Phi) is 4.92. The van der Waals surface area contributed by atoms with Gasteiger partial charge < -0.3 is 14.8 Å². The summed E-state index contributed by atoms with van der Waals surface area (Å²) in [4.78, 5) is 0. The Balaban J connectivity index is 1.83. The lowest BCUT2D eigenvalue weighted by Crippen LogP contribution is -2.12. The fourth-order valence-electron chi connectivity index (χ4n) is 1.68. The van der Waals surface area contributed by atoms with Crippen LogP contribution in [0.15, 0.2) is 36.4 Å². The highest BCUT2D eigenvalue weighted by molar-refractivity contribution is 5.45. The van der Waals surface area contributed by atoms with Crippen LogP contribution < -0.4 is 14.8 Å². The molecule has 2 aromatic rings. The first-order chi connectivity index (χ1) is 10.1. The topological polar surface area (TPSA) is 30.5 Å². The average molecular weight is 297 g/mol. The number of rotatable bonds is 6. The van der Waals surface area contributed by atoms with Gasteiger partial charge in [-0.15, -0.1) is 0 Å². The Morgan fingerprint density at radius 2 is 1.52 bits per heavy atom. The molecule has 3 nitrogen and oxygen atoms in total. The zero-order valence-corrected chi connectivity index (χ0v) is 11.3. The lowest BCUT2D eigenvalue weighted by atomic mass is 10.3. The number of halogens is 3.